The Morgan fingerprint density at radius 1 is 1.14 bits per heavy atom. The molecule has 1 saturated heterocycles. The van der Waals surface area contributed by atoms with Gasteiger partial charge in [-0.2, -0.15) is 0 Å². The van der Waals surface area contributed by atoms with E-state index in [1.54, 1.807) is 6.33 Å². The monoisotopic (exact) mass is 380 g/mol. The van der Waals surface area contributed by atoms with E-state index in [4.69, 9.17) is 4.74 Å². The van der Waals surface area contributed by atoms with Gasteiger partial charge in [-0.15, -0.1) is 0 Å². The minimum Gasteiger partial charge on any atom is -0.491 e. The minimum absolute atomic E-state index is 0.135. The molecule has 1 N–H and O–H groups in total. The van der Waals surface area contributed by atoms with Gasteiger partial charge in [0, 0.05) is 24.7 Å². The summed E-state index contributed by atoms with van der Waals surface area (Å²) in [5, 5.41) is 10.3. The van der Waals surface area contributed by atoms with Gasteiger partial charge in [0.05, 0.1) is 28.8 Å². The second-order valence-electron chi connectivity index (χ2n) is 8.48. The second-order valence-corrected chi connectivity index (χ2v) is 8.48. The fourth-order valence-corrected chi connectivity index (χ4v) is 3.94. The topological polar surface area (TPSA) is 70.8 Å². The summed E-state index contributed by atoms with van der Waals surface area (Å²) in [6.45, 7) is 9.62. The van der Waals surface area contributed by atoms with Crippen LogP contribution in [0.25, 0.3) is 0 Å². The van der Waals surface area contributed by atoms with Crippen molar-refractivity contribution in [3.63, 3.8) is 0 Å². The molecule has 28 heavy (non-hydrogen) atoms. The van der Waals surface area contributed by atoms with Crippen LogP contribution >= 0.6 is 0 Å². The molecule has 2 aliphatic rings. The van der Waals surface area contributed by atoms with Crippen molar-refractivity contribution in [2.75, 3.05) is 18.0 Å². The van der Waals surface area contributed by atoms with E-state index in [0.717, 1.165) is 60.2 Å². The molecule has 0 saturated carbocycles. The Morgan fingerprint density at radius 3 is 2.57 bits per heavy atom. The lowest BCUT2D eigenvalue weighted by atomic mass is 9.83. The summed E-state index contributed by atoms with van der Waals surface area (Å²) in [7, 11) is 0. The molecule has 0 atom stereocenters. The first-order chi connectivity index (χ1) is 13.3. The third kappa shape index (κ3) is 3.74. The Morgan fingerprint density at radius 2 is 1.89 bits per heavy atom. The van der Waals surface area contributed by atoms with Gasteiger partial charge in [0.1, 0.15) is 17.9 Å². The Balaban J connectivity index is 1.50. The Kier molecular flexibility index (Phi) is 4.83. The van der Waals surface area contributed by atoms with Gasteiger partial charge < -0.3 is 14.7 Å². The molecule has 0 bridgehead atoms. The van der Waals surface area contributed by atoms with Gasteiger partial charge in [-0.3, -0.25) is 0 Å². The van der Waals surface area contributed by atoms with Crippen LogP contribution in [-0.2, 0) is 0 Å². The van der Waals surface area contributed by atoms with Gasteiger partial charge in [0.15, 0.2) is 0 Å². The van der Waals surface area contributed by atoms with Crippen LogP contribution in [0.2, 0.25) is 0 Å². The number of aromatic nitrogens is 2. The molecule has 1 aromatic heterocycles. The van der Waals surface area contributed by atoms with E-state index in [0.29, 0.717) is 5.92 Å². The minimum atomic E-state index is -0.622. The van der Waals surface area contributed by atoms with E-state index < -0.39 is 5.60 Å². The van der Waals surface area contributed by atoms with Crippen LogP contribution in [0.1, 0.15) is 51.8 Å². The van der Waals surface area contributed by atoms with Crippen LogP contribution in [0.15, 0.2) is 35.6 Å². The molecule has 1 fully saturated rings. The number of aliphatic hydroxyl groups is 1. The summed E-state index contributed by atoms with van der Waals surface area (Å²) in [6, 6.07) is 7.99. The molecule has 6 heteroatoms. The van der Waals surface area contributed by atoms with Gasteiger partial charge >= 0.3 is 0 Å². The van der Waals surface area contributed by atoms with E-state index in [-0.39, 0.29) is 6.10 Å². The highest BCUT2D eigenvalue weighted by molar-refractivity contribution is 6.21. The van der Waals surface area contributed by atoms with Crippen molar-refractivity contribution in [3.05, 3.63) is 41.9 Å². The first kappa shape index (κ1) is 18.9. The third-order valence-corrected chi connectivity index (χ3v) is 5.54. The Bertz CT molecular complexity index is 894. The Hall–Kier alpha value is -2.47. The SMILES string of the molecule is CC(C)Oc1ccc2c(c1)C(c1cc(N3CCC(C(C)(C)O)CC3)ncn1)=N2. The van der Waals surface area contributed by atoms with Crippen molar-refractivity contribution in [1.82, 2.24) is 9.97 Å². The molecule has 6 nitrogen and oxygen atoms in total. The average Bonchev–Trinajstić information content (AvgIpc) is 2.63. The van der Waals surface area contributed by atoms with Crippen molar-refractivity contribution in [3.8, 4) is 5.75 Å². The molecule has 0 radical (unpaired) electrons. The first-order valence-electron chi connectivity index (χ1n) is 10.0. The lowest BCUT2D eigenvalue weighted by molar-refractivity contribution is 0.00645. The summed E-state index contributed by atoms with van der Waals surface area (Å²) in [5.74, 6) is 2.10. The number of nitrogens with zero attached hydrogens (tertiary/aromatic N) is 4. The van der Waals surface area contributed by atoms with Crippen LogP contribution in [-0.4, -0.2) is 45.6 Å². The smallest absolute Gasteiger partial charge is 0.132 e. The summed E-state index contributed by atoms with van der Waals surface area (Å²) >= 11 is 0. The van der Waals surface area contributed by atoms with Gasteiger partial charge in [0.2, 0.25) is 0 Å². The summed E-state index contributed by atoms with van der Waals surface area (Å²) < 4.78 is 5.81. The van der Waals surface area contributed by atoms with E-state index in [1.165, 1.54) is 0 Å². The fraction of sp³-hybridized carbons (Fsp3) is 0.500. The third-order valence-electron chi connectivity index (χ3n) is 5.54. The normalized spacial score (nSPS) is 17.2. The summed E-state index contributed by atoms with van der Waals surface area (Å²) in [6.07, 6.45) is 3.67. The number of benzene rings is 1. The van der Waals surface area contributed by atoms with Crippen LogP contribution in [0.4, 0.5) is 11.5 Å². The van der Waals surface area contributed by atoms with Gasteiger partial charge in [-0.25, -0.2) is 15.0 Å². The van der Waals surface area contributed by atoms with E-state index >= 15 is 0 Å². The highest BCUT2D eigenvalue weighted by Gasteiger charge is 2.31. The standard InChI is InChI=1S/C22H28N4O2/c1-14(2)28-16-5-6-18-17(11-16)21(25-18)19-12-20(24-13-23-19)26-9-7-15(8-10-26)22(3,4)27/h5-6,11-15,27H,7-10H2,1-4H3. The molecule has 2 aromatic rings. The van der Waals surface area contributed by atoms with Crippen LogP contribution in [0, 0.1) is 5.92 Å². The van der Waals surface area contributed by atoms with Crippen molar-refractivity contribution in [2.45, 2.75) is 52.2 Å². The molecule has 2 aliphatic heterocycles. The van der Waals surface area contributed by atoms with Crippen molar-refractivity contribution >= 4 is 17.2 Å². The quantitative estimate of drug-likeness (QED) is 0.730. The number of aliphatic imine (C=N–C) groups is 1. The number of piperidine rings is 1. The number of rotatable bonds is 5. The largest absolute Gasteiger partial charge is 0.491 e. The van der Waals surface area contributed by atoms with Gasteiger partial charge in [-0.05, 0) is 64.7 Å². The van der Waals surface area contributed by atoms with E-state index in [9.17, 15) is 5.11 Å². The fourth-order valence-electron chi connectivity index (χ4n) is 3.94. The number of hydrogen-bond acceptors (Lipinski definition) is 6. The van der Waals surface area contributed by atoms with Crippen molar-refractivity contribution < 1.29 is 9.84 Å². The maximum absolute atomic E-state index is 10.3. The van der Waals surface area contributed by atoms with Crippen molar-refractivity contribution in [1.29, 1.82) is 0 Å². The highest BCUT2D eigenvalue weighted by Crippen LogP contribution is 2.36. The maximum atomic E-state index is 10.3. The van der Waals surface area contributed by atoms with Gasteiger partial charge in [0.25, 0.3) is 0 Å². The highest BCUT2D eigenvalue weighted by atomic mass is 16.5. The molecule has 0 spiro atoms. The van der Waals surface area contributed by atoms with E-state index in [2.05, 4.69) is 19.9 Å². The molecule has 0 amide bonds. The number of hydrogen-bond donors (Lipinski definition) is 1. The molecule has 4 rings (SSSR count). The number of ether oxygens (including phenoxy) is 1. The number of fused-ring (bicyclic) bond motifs is 1. The zero-order valence-corrected chi connectivity index (χ0v) is 17.0. The zero-order valence-electron chi connectivity index (χ0n) is 17.0. The molecule has 148 valence electrons. The molecule has 0 aliphatic carbocycles. The van der Waals surface area contributed by atoms with Crippen LogP contribution < -0.4 is 9.64 Å². The van der Waals surface area contributed by atoms with Gasteiger partial charge in [-0.1, -0.05) is 0 Å². The molecular formula is C22H28N4O2. The molecule has 1 aromatic carbocycles. The molecule has 0 unspecified atom stereocenters. The first-order valence-corrected chi connectivity index (χ1v) is 10.0. The summed E-state index contributed by atoms with van der Waals surface area (Å²) in [4.78, 5) is 15.8. The van der Waals surface area contributed by atoms with Crippen molar-refractivity contribution in [2.24, 2.45) is 10.9 Å². The average molecular weight is 380 g/mol. The second kappa shape index (κ2) is 7.17. The lowest BCUT2D eigenvalue weighted by Gasteiger charge is -2.38. The molecule has 3 heterocycles. The summed E-state index contributed by atoms with van der Waals surface area (Å²) in [5.41, 5.74) is 3.15. The maximum Gasteiger partial charge on any atom is 0.132 e. The lowest BCUT2D eigenvalue weighted by Crippen LogP contribution is -2.42. The number of anilines is 1. The zero-order chi connectivity index (χ0) is 19.9. The van der Waals surface area contributed by atoms with E-state index in [1.807, 2.05) is 52.0 Å². The predicted octanol–water partition coefficient (Wildman–Crippen LogP) is 3.73. The van der Waals surface area contributed by atoms with Crippen LogP contribution in [0.5, 0.6) is 5.75 Å². The predicted molar refractivity (Wildman–Crippen MR) is 111 cm³/mol. The van der Waals surface area contributed by atoms with Crippen LogP contribution in [0.3, 0.4) is 0 Å². The molecular weight excluding hydrogens is 352 g/mol. The Labute approximate surface area is 166 Å².